The smallest absolute Gasteiger partial charge is 0.138 e. The second kappa shape index (κ2) is 8.34. The molecule has 0 aliphatic rings. The van der Waals surface area contributed by atoms with Gasteiger partial charge in [-0.2, -0.15) is 0 Å². The largest absolute Gasteiger partial charge is 0.497 e. The summed E-state index contributed by atoms with van der Waals surface area (Å²) in [4.78, 5) is 0. The van der Waals surface area contributed by atoms with Gasteiger partial charge in [-0.05, 0) is 54.5 Å². The van der Waals surface area contributed by atoms with Crippen molar-refractivity contribution in [1.29, 1.82) is 0 Å². The Balaban J connectivity index is 2.80. The maximum atomic E-state index is 5.66. The lowest BCUT2D eigenvalue weighted by Crippen LogP contribution is -2.18. The summed E-state index contributed by atoms with van der Waals surface area (Å²) < 4.78 is 11.8. The number of methoxy groups -OCH3 is 1. The van der Waals surface area contributed by atoms with Crippen LogP contribution in [0.4, 0.5) is 0 Å². The Hall–Kier alpha value is -0.780. The average molecular weight is 317 g/mol. The van der Waals surface area contributed by atoms with Gasteiger partial charge in [0.2, 0.25) is 0 Å². The molecule has 0 radical (unpaired) electrons. The Labute approximate surface area is 117 Å². The van der Waals surface area contributed by atoms with Crippen LogP contribution in [0, 0.1) is 0 Å². The van der Waals surface area contributed by atoms with Gasteiger partial charge in [-0.25, -0.2) is 0 Å². The third-order valence-corrected chi connectivity index (χ3v) is 3.08. The molecule has 0 spiro atoms. The highest BCUT2D eigenvalue weighted by atomic mass is 79.9. The Morgan fingerprint density at radius 3 is 2.78 bits per heavy atom. The van der Waals surface area contributed by atoms with E-state index in [1.54, 1.807) is 7.11 Å². The van der Waals surface area contributed by atoms with Gasteiger partial charge < -0.3 is 20.5 Å². The van der Waals surface area contributed by atoms with Crippen molar-refractivity contribution in [3.63, 3.8) is 0 Å². The van der Waals surface area contributed by atoms with Crippen LogP contribution in [-0.2, 0) is 6.54 Å². The SMILES string of the molecule is CCOc1c(Br)cc(OC)cc1CNCCCN. The summed E-state index contributed by atoms with van der Waals surface area (Å²) in [6.07, 6.45) is 0.967. The van der Waals surface area contributed by atoms with Crippen LogP contribution >= 0.6 is 15.9 Å². The zero-order chi connectivity index (χ0) is 13.4. The minimum Gasteiger partial charge on any atom is -0.497 e. The van der Waals surface area contributed by atoms with E-state index in [-0.39, 0.29) is 0 Å². The molecule has 0 atom stereocenters. The lowest BCUT2D eigenvalue weighted by Gasteiger charge is -2.14. The number of halogens is 1. The molecule has 1 aromatic rings. The van der Waals surface area contributed by atoms with Crippen LogP contribution in [-0.4, -0.2) is 26.8 Å². The monoisotopic (exact) mass is 316 g/mol. The van der Waals surface area contributed by atoms with Gasteiger partial charge in [-0.15, -0.1) is 0 Å². The van der Waals surface area contributed by atoms with Crippen LogP contribution in [0.3, 0.4) is 0 Å². The van der Waals surface area contributed by atoms with Crippen molar-refractivity contribution in [3.05, 3.63) is 22.2 Å². The summed E-state index contributed by atoms with van der Waals surface area (Å²) in [5.41, 5.74) is 6.55. The van der Waals surface area contributed by atoms with Crippen molar-refractivity contribution in [1.82, 2.24) is 5.32 Å². The summed E-state index contributed by atoms with van der Waals surface area (Å²) in [6, 6.07) is 3.90. The van der Waals surface area contributed by atoms with Crippen LogP contribution < -0.4 is 20.5 Å². The van der Waals surface area contributed by atoms with E-state index in [1.165, 1.54) is 0 Å². The van der Waals surface area contributed by atoms with E-state index in [0.717, 1.165) is 41.0 Å². The molecule has 0 saturated heterocycles. The standard InChI is InChI=1S/C13H21BrN2O2/c1-3-18-13-10(9-16-6-4-5-15)7-11(17-2)8-12(13)14/h7-8,16H,3-6,9,15H2,1-2H3. The Bertz CT molecular complexity index is 372. The zero-order valence-electron chi connectivity index (χ0n) is 11.0. The fourth-order valence-electron chi connectivity index (χ4n) is 1.63. The first-order chi connectivity index (χ1) is 8.72. The number of benzene rings is 1. The average Bonchev–Trinajstić information content (AvgIpc) is 2.38. The molecule has 0 aromatic heterocycles. The second-order valence-corrected chi connectivity index (χ2v) is 4.70. The number of nitrogens with one attached hydrogen (secondary N) is 1. The van der Waals surface area contributed by atoms with Crippen LogP contribution in [0.1, 0.15) is 18.9 Å². The number of hydrogen-bond donors (Lipinski definition) is 2. The number of ether oxygens (including phenoxy) is 2. The van der Waals surface area contributed by atoms with Crippen LogP contribution in [0.2, 0.25) is 0 Å². The van der Waals surface area contributed by atoms with E-state index >= 15 is 0 Å². The highest BCUT2D eigenvalue weighted by Gasteiger charge is 2.10. The first-order valence-electron chi connectivity index (χ1n) is 6.12. The van der Waals surface area contributed by atoms with E-state index in [4.69, 9.17) is 15.2 Å². The van der Waals surface area contributed by atoms with E-state index in [0.29, 0.717) is 13.2 Å². The van der Waals surface area contributed by atoms with Crippen LogP contribution in [0.15, 0.2) is 16.6 Å². The van der Waals surface area contributed by atoms with Crippen molar-refractivity contribution in [2.24, 2.45) is 5.73 Å². The molecule has 0 unspecified atom stereocenters. The van der Waals surface area contributed by atoms with E-state index < -0.39 is 0 Å². The van der Waals surface area contributed by atoms with Gasteiger partial charge >= 0.3 is 0 Å². The first-order valence-corrected chi connectivity index (χ1v) is 6.92. The Morgan fingerprint density at radius 2 is 2.17 bits per heavy atom. The summed E-state index contributed by atoms with van der Waals surface area (Å²) in [5.74, 6) is 1.69. The van der Waals surface area contributed by atoms with Crippen molar-refractivity contribution in [2.75, 3.05) is 26.8 Å². The molecule has 5 heteroatoms. The molecule has 0 aliphatic heterocycles. The molecule has 0 fully saturated rings. The molecule has 0 saturated carbocycles. The van der Waals surface area contributed by atoms with Gasteiger partial charge in [-0.1, -0.05) is 0 Å². The quantitative estimate of drug-likeness (QED) is 0.723. The van der Waals surface area contributed by atoms with Gasteiger partial charge in [0.25, 0.3) is 0 Å². The topological polar surface area (TPSA) is 56.5 Å². The van der Waals surface area contributed by atoms with Gasteiger partial charge in [0.1, 0.15) is 11.5 Å². The van der Waals surface area contributed by atoms with Crippen molar-refractivity contribution in [3.8, 4) is 11.5 Å². The minimum atomic E-state index is 0.640. The normalized spacial score (nSPS) is 10.4. The summed E-state index contributed by atoms with van der Waals surface area (Å²) in [5, 5.41) is 3.34. The third-order valence-electron chi connectivity index (χ3n) is 2.49. The number of nitrogens with two attached hydrogens (primary N) is 1. The molecule has 1 rings (SSSR count). The highest BCUT2D eigenvalue weighted by Crippen LogP contribution is 2.33. The van der Waals surface area contributed by atoms with E-state index in [9.17, 15) is 0 Å². The van der Waals surface area contributed by atoms with E-state index in [1.807, 2.05) is 19.1 Å². The highest BCUT2D eigenvalue weighted by molar-refractivity contribution is 9.10. The molecule has 18 heavy (non-hydrogen) atoms. The molecule has 0 bridgehead atoms. The summed E-state index contributed by atoms with van der Waals surface area (Å²) >= 11 is 3.51. The molecule has 1 aromatic carbocycles. The molecular formula is C13H21BrN2O2. The minimum absolute atomic E-state index is 0.640. The third kappa shape index (κ3) is 4.48. The zero-order valence-corrected chi connectivity index (χ0v) is 12.5. The van der Waals surface area contributed by atoms with Gasteiger partial charge in [0.05, 0.1) is 18.2 Å². The van der Waals surface area contributed by atoms with Crippen molar-refractivity contribution < 1.29 is 9.47 Å². The number of rotatable bonds is 8. The lowest BCUT2D eigenvalue weighted by molar-refractivity contribution is 0.331. The summed E-state index contributed by atoms with van der Waals surface area (Å²) in [7, 11) is 1.66. The Morgan fingerprint density at radius 1 is 1.39 bits per heavy atom. The molecular weight excluding hydrogens is 296 g/mol. The van der Waals surface area contributed by atoms with Gasteiger partial charge in [0, 0.05) is 12.1 Å². The van der Waals surface area contributed by atoms with Crippen LogP contribution in [0.25, 0.3) is 0 Å². The predicted octanol–water partition coefficient (Wildman–Crippen LogP) is 2.29. The fourth-order valence-corrected chi connectivity index (χ4v) is 2.22. The maximum Gasteiger partial charge on any atom is 0.138 e. The maximum absolute atomic E-state index is 5.66. The predicted molar refractivity (Wildman–Crippen MR) is 77.2 cm³/mol. The number of hydrogen-bond acceptors (Lipinski definition) is 4. The lowest BCUT2D eigenvalue weighted by atomic mass is 10.2. The van der Waals surface area contributed by atoms with Gasteiger partial charge in [-0.3, -0.25) is 0 Å². The van der Waals surface area contributed by atoms with Crippen LogP contribution in [0.5, 0.6) is 11.5 Å². The van der Waals surface area contributed by atoms with Crippen molar-refractivity contribution in [2.45, 2.75) is 19.9 Å². The molecule has 3 N–H and O–H groups in total. The molecule has 0 amide bonds. The van der Waals surface area contributed by atoms with E-state index in [2.05, 4.69) is 21.2 Å². The molecule has 0 heterocycles. The van der Waals surface area contributed by atoms with Crippen molar-refractivity contribution >= 4 is 15.9 Å². The molecule has 0 aliphatic carbocycles. The second-order valence-electron chi connectivity index (χ2n) is 3.85. The molecule has 102 valence electrons. The first kappa shape index (κ1) is 15.3. The van der Waals surface area contributed by atoms with Gasteiger partial charge in [0.15, 0.2) is 0 Å². The summed E-state index contributed by atoms with van der Waals surface area (Å²) in [6.45, 7) is 4.96. The fraction of sp³-hybridized carbons (Fsp3) is 0.538. The molecule has 4 nitrogen and oxygen atoms in total. The Kier molecular flexibility index (Phi) is 7.08.